The zero-order valence-corrected chi connectivity index (χ0v) is 12.7. The van der Waals surface area contributed by atoms with Gasteiger partial charge in [-0.25, -0.2) is 4.98 Å². The second-order valence-corrected chi connectivity index (χ2v) is 6.58. The van der Waals surface area contributed by atoms with Crippen LogP contribution in [0.3, 0.4) is 0 Å². The zero-order chi connectivity index (χ0) is 14.6. The van der Waals surface area contributed by atoms with E-state index in [1.165, 1.54) is 17.5 Å². The topological polar surface area (TPSA) is 38.1 Å². The molecule has 0 aromatic carbocycles. The van der Waals surface area contributed by atoms with E-state index in [1.807, 2.05) is 0 Å². The average Bonchev–Trinajstić information content (AvgIpc) is 2.95. The first kappa shape index (κ1) is 12.7. The second kappa shape index (κ2) is 4.24. The first-order chi connectivity index (χ1) is 10.1. The van der Waals surface area contributed by atoms with E-state index >= 15 is 0 Å². The fourth-order valence-corrected chi connectivity index (χ4v) is 3.98. The minimum absolute atomic E-state index is 0.0754. The van der Waals surface area contributed by atoms with Crippen molar-refractivity contribution in [1.29, 1.82) is 0 Å². The van der Waals surface area contributed by atoms with E-state index in [-0.39, 0.29) is 10.7 Å². The summed E-state index contributed by atoms with van der Waals surface area (Å²) in [4.78, 5) is 18.3. The molecule has 2 aliphatic heterocycles. The van der Waals surface area contributed by atoms with Gasteiger partial charge in [-0.2, -0.15) is 0 Å². The molecule has 0 radical (unpaired) electrons. The quantitative estimate of drug-likeness (QED) is 0.588. The predicted molar refractivity (Wildman–Crippen MR) is 84.9 cm³/mol. The zero-order valence-electron chi connectivity index (χ0n) is 11.9. The molecule has 1 aromatic rings. The fraction of sp³-hybridized carbons (Fsp3) is 0.250. The molecule has 3 heterocycles. The van der Waals surface area contributed by atoms with Crippen molar-refractivity contribution in [3.63, 3.8) is 0 Å². The molecule has 4 rings (SSSR count). The molecule has 1 aromatic heterocycles. The molecular formula is C16H15N3OS. The summed E-state index contributed by atoms with van der Waals surface area (Å²) in [6, 6.07) is 0. The summed E-state index contributed by atoms with van der Waals surface area (Å²) in [6.45, 7) is 3.68. The number of imidazole rings is 1. The number of aromatic nitrogens is 2. The van der Waals surface area contributed by atoms with Gasteiger partial charge in [0, 0.05) is 12.6 Å². The molecule has 21 heavy (non-hydrogen) atoms. The van der Waals surface area contributed by atoms with Gasteiger partial charge in [-0.05, 0) is 37.3 Å². The van der Waals surface area contributed by atoms with Gasteiger partial charge in [0.2, 0.25) is 5.95 Å². The van der Waals surface area contributed by atoms with Crippen LogP contribution in [0.4, 0.5) is 5.95 Å². The lowest BCUT2D eigenvalue weighted by molar-refractivity contribution is -0.109. The molecular weight excluding hydrogens is 282 g/mol. The Balaban J connectivity index is 1.96. The summed E-state index contributed by atoms with van der Waals surface area (Å²) >= 11 is 1.24. The maximum atomic E-state index is 11.5. The first-order valence-corrected chi connectivity index (χ1v) is 7.76. The maximum Gasteiger partial charge on any atom is 0.216 e. The van der Waals surface area contributed by atoms with E-state index < -0.39 is 0 Å². The van der Waals surface area contributed by atoms with Crippen LogP contribution in [0.1, 0.15) is 20.3 Å². The van der Waals surface area contributed by atoms with E-state index in [0.717, 1.165) is 23.1 Å². The van der Waals surface area contributed by atoms with Crippen molar-refractivity contribution in [1.82, 2.24) is 9.55 Å². The molecule has 3 aliphatic rings. The number of hydrogen-bond acceptors (Lipinski definition) is 4. The van der Waals surface area contributed by atoms with Gasteiger partial charge >= 0.3 is 0 Å². The largest absolute Gasteiger partial charge is 0.297 e. The summed E-state index contributed by atoms with van der Waals surface area (Å²) in [5, 5.41) is 0.959. The van der Waals surface area contributed by atoms with Gasteiger partial charge < -0.3 is 0 Å². The lowest BCUT2D eigenvalue weighted by atomic mass is 9.87. The summed E-state index contributed by atoms with van der Waals surface area (Å²) in [6.07, 6.45) is 15.7. The van der Waals surface area contributed by atoms with Gasteiger partial charge in [0.15, 0.2) is 5.12 Å². The van der Waals surface area contributed by atoms with E-state index in [4.69, 9.17) is 0 Å². The highest BCUT2D eigenvalue weighted by molar-refractivity contribution is 8.13. The van der Waals surface area contributed by atoms with Crippen molar-refractivity contribution in [2.24, 2.45) is 0 Å². The smallest absolute Gasteiger partial charge is 0.216 e. The number of hydrogen-bond donors (Lipinski definition) is 0. The first-order valence-electron chi connectivity index (χ1n) is 6.95. The normalized spacial score (nSPS) is 25.1. The number of allylic oxidation sites excluding steroid dienone is 5. The Morgan fingerprint density at radius 3 is 3.10 bits per heavy atom. The molecule has 0 saturated carbocycles. The van der Waals surface area contributed by atoms with Gasteiger partial charge in [-0.15, -0.1) is 0 Å². The van der Waals surface area contributed by atoms with Gasteiger partial charge in [0.1, 0.15) is 10.6 Å². The number of carbonyl (C=O) groups excluding carboxylic acids is 1. The van der Waals surface area contributed by atoms with Crippen molar-refractivity contribution >= 4 is 28.5 Å². The Morgan fingerprint density at radius 2 is 2.29 bits per heavy atom. The van der Waals surface area contributed by atoms with Crippen molar-refractivity contribution in [2.45, 2.75) is 30.8 Å². The Labute approximate surface area is 127 Å². The van der Waals surface area contributed by atoms with Crippen LogP contribution in [0.25, 0.3) is 5.70 Å². The Kier molecular flexibility index (Phi) is 2.57. The van der Waals surface area contributed by atoms with Crippen molar-refractivity contribution in [3.05, 3.63) is 48.4 Å². The van der Waals surface area contributed by atoms with E-state index in [1.54, 1.807) is 13.1 Å². The summed E-state index contributed by atoms with van der Waals surface area (Å²) in [5.41, 5.74) is 2.04. The minimum atomic E-state index is -0.285. The molecule has 0 saturated heterocycles. The van der Waals surface area contributed by atoms with Gasteiger partial charge in [0.25, 0.3) is 0 Å². The van der Waals surface area contributed by atoms with E-state index in [2.05, 4.69) is 57.8 Å². The SMILES string of the molecule is CC(=O)Sc1cnc2n1C1=CCC=CC13C=CC=C(C)N23. The molecule has 0 fully saturated rings. The van der Waals surface area contributed by atoms with Gasteiger partial charge in [0.05, 0.1) is 11.9 Å². The Hall–Kier alpha value is -2.01. The molecule has 4 nitrogen and oxygen atoms in total. The minimum Gasteiger partial charge on any atom is -0.297 e. The van der Waals surface area contributed by atoms with Gasteiger partial charge in [-0.1, -0.05) is 24.3 Å². The van der Waals surface area contributed by atoms with E-state index in [9.17, 15) is 4.79 Å². The number of rotatable bonds is 1. The third-order valence-electron chi connectivity index (χ3n) is 4.04. The predicted octanol–water partition coefficient (Wildman–Crippen LogP) is 3.35. The summed E-state index contributed by atoms with van der Waals surface area (Å²) in [7, 11) is 0. The molecule has 1 aliphatic carbocycles. The highest BCUT2D eigenvalue weighted by Crippen LogP contribution is 2.50. The van der Waals surface area contributed by atoms with Crippen molar-refractivity contribution in [3.8, 4) is 0 Å². The van der Waals surface area contributed by atoms with Crippen LogP contribution < -0.4 is 4.90 Å². The monoisotopic (exact) mass is 297 g/mol. The van der Waals surface area contributed by atoms with Crippen LogP contribution in [0, 0.1) is 0 Å². The van der Waals surface area contributed by atoms with Crippen LogP contribution >= 0.6 is 11.8 Å². The van der Waals surface area contributed by atoms with E-state index in [0.29, 0.717) is 0 Å². The molecule has 0 N–H and O–H groups in total. The summed E-state index contributed by atoms with van der Waals surface area (Å²) in [5.74, 6) is 0.884. The molecule has 1 spiro atoms. The van der Waals surface area contributed by atoms with Crippen molar-refractivity contribution in [2.75, 3.05) is 4.90 Å². The molecule has 5 heteroatoms. The maximum absolute atomic E-state index is 11.5. The lowest BCUT2D eigenvalue weighted by Gasteiger charge is -2.38. The summed E-state index contributed by atoms with van der Waals surface area (Å²) < 4.78 is 2.11. The third-order valence-corrected chi connectivity index (χ3v) is 4.82. The number of fused-ring (bicyclic) bond motifs is 3. The highest BCUT2D eigenvalue weighted by atomic mass is 32.2. The lowest BCUT2D eigenvalue weighted by Crippen LogP contribution is -2.44. The Morgan fingerprint density at radius 1 is 1.43 bits per heavy atom. The number of anilines is 1. The van der Waals surface area contributed by atoms with Crippen LogP contribution in [-0.4, -0.2) is 20.2 Å². The van der Waals surface area contributed by atoms with Crippen LogP contribution in [0.15, 0.2) is 53.4 Å². The number of thioether (sulfide) groups is 1. The standard InChI is InChI=1S/C16H15N3OS/c1-11-6-5-9-16-8-4-3-7-13(16)18-14(21-12(2)20)10-17-15(18)19(11)16/h4-10H,3H2,1-2H3. The Bertz CT molecular complexity index is 768. The second-order valence-electron chi connectivity index (χ2n) is 5.38. The molecule has 1 unspecified atom stereocenters. The van der Waals surface area contributed by atoms with Crippen LogP contribution in [0.2, 0.25) is 0 Å². The molecule has 106 valence electrons. The number of nitrogens with zero attached hydrogens (tertiary/aromatic N) is 3. The van der Waals surface area contributed by atoms with Crippen LogP contribution in [0.5, 0.6) is 0 Å². The fourth-order valence-electron chi connectivity index (χ4n) is 3.31. The van der Waals surface area contributed by atoms with Crippen molar-refractivity contribution < 1.29 is 4.79 Å². The average molecular weight is 297 g/mol. The molecule has 0 amide bonds. The molecule has 0 bridgehead atoms. The van der Waals surface area contributed by atoms with Crippen LogP contribution in [-0.2, 0) is 4.79 Å². The highest BCUT2D eigenvalue weighted by Gasteiger charge is 2.49. The van der Waals surface area contributed by atoms with Gasteiger partial charge in [-0.3, -0.25) is 14.3 Å². The molecule has 1 atom stereocenters. The third kappa shape index (κ3) is 1.58. The number of carbonyl (C=O) groups is 1.